The molecule has 1 aliphatic heterocycles. The zero-order valence-electron chi connectivity index (χ0n) is 11.8. The number of hydrogen-bond donors (Lipinski definition) is 0. The lowest BCUT2D eigenvalue weighted by Crippen LogP contribution is -2.47. The number of ether oxygens (including phenoxy) is 1. The average Bonchev–Trinajstić information content (AvgIpc) is 2.46. The summed E-state index contributed by atoms with van der Waals surface area (Å²) in [7, 11) is -3.21. The molecule has 0 bridgehead atoms. The first-order valence-electron chi connectivity index (χ1n) is 6.76. The van der Waals surface area contributed by atoms with Crippen molar-refractivity contribution in [1.29, 1.82) is 0 Å². The molecule has 2 rings (SSSR count). The van der Waals surface area contributed by atoms with Gasteiger partial charge in [0.1, 0.15) is 0 Å². The van der Waals surface area contributed by atoms with E-state index in [1.54, 1.807) is 19.1 Å². The highest BCUT2D eigenvalue weighted by atomic mass is 79.9. The van der Waals surface area contributed by atoms with Crippen LogP contribution in [0.2, 0.25) is 0 Å². The zero-order chi connectivity index (χ0) is 14.8. The van der Waals surface area contributed by atoms with Gasteiger partial charge in [0.25, 0.3) is 0 Å². The van der Waals surface area contributed by atoms with Crippen molar-refractivity contribution in [1.82, 2.24) is 0 Å². The molecule has 2 unspecified atom stereocenters. The highest BCUT2D eigenvalue weighted by Gasteiger charge is 2.28. The van der Waals surface area contributed by atoms with Gasteiger partial charge in [-0.2, -0.15) is 0 Å². The average molecular weight is 362 g/mol. The molecular formula is C14H20BrNO3S. The minimum atomic E-state index is -3.21. The third-order valence-electron chi connectivity index (χ3n) is 3.42. The predicted octanol–water partition coefficient (Wildman–Crippen LogP) is 2.47. The maximum absolute atomic E-state index is 12.2. The van der Waals surface area contributed by atoms with Crippen LogP contribution < -0.4 is 4.90 Å². The van der Waals surface area contributed by atoms with E-state index in [2.05, 4.69) is 20.8 Å². The largest absolute Gasteiger partial charge is 0.371 e. The minimum absolute atomic E-state index is 0.0798. The quantitative estimate of drug-likeness (QED) is 0.772. The lowest BCUT2D eigenvalue weighted by atomic mass is 10.2. The van der Waals surface area contributed by atoms with Gasteiger partial charge < -0.3 is 9.64 Å². The number of benzene rings is 1. The summed E-state index contributed by atoms with van der Waals surface area (Å²) in [5.41, 5.74) is 0.787. The minimum Gasteiger partial charge on any atom is -0.371 e. The molecule has 0 aliphatic carbocycles. The van der Waals surface area contributed by atoms with Crippen molar-refractivity contribution in [2.45, 2.75) is 31.0 Å². The monoisotopic (exact) mass is 361 g/mol. The van der Waals surface area contributed by atoms with Crippen LogP contribution in [-0.4, -0.2) is 44.8 Å². The summed E-state index contributed by atoms with van der Waals surface area (Å²) in [5, 5.41) is 0.747. The SMILES string of the molecule is CCS(=O)(=O)c1ccccc1N1CC(C)OC(CBr)C1. The van der Waals surface area contributed by atoms with Crippen LogP contribution in [0.1, 0.15) is 13.8 Å². The molecule has 6 heteroatoms. The number of rotatable bonds is 4. The van der Waals surface area contributed by atoms with Gasteiger partial charge in [0.05, 0.1) is 28.5 Å². The summed E-state index contributed by atoms with van der Waals surface area (Å²) in [4.78, 5) is 2.53. The number of sulfone groups is 1. The molecule has 1 heterocycles. The predicted molar refractivity (Wildman–Crippen MR) is 84.5 cm³/mol. The fraction of sp³-hybridized carbons (Fsp3) is 0.571. The summed E-state index contributed by atoms with van der Waals surface area (Å²) in [6, 6.07) is 7.23. The van der Waals surface area contributed by atoms with E-state index in [1.165, 1.54) is 0 Å². The van der Waals surface area contributed by atoms with Crippen molar-refractivity contribution in [3.8, 4) is 0 Å². The normalized spacial score (nSPS) is 23.9. The van der Waals surface area contributed by atoms with Crippen LogP contribution in [0, 0.1) is 0 Å². The Morgan fingerprint density at radius 1 is 1.35 bits per heavy atom. The van der Waals surface area contributed by atoms with Crippen molar-refractivity contribution in [2.24, 2.45) is 0 Å². The summed E-state index contributed by atoms with van der Waals surface area (Å²) in [6.45, 7) is 5.10. The van der Waals surface area contributed by atoms with Gasteiger partial charge in [-0.1, -0.05) is 35.0 Å². The smallest absolute Gasteiger partial charge is 0.180 e. The topological polar surface area (TPSA) is 46.6 Å². The van der Waals surface area contributed by atoms with Gasteiger partial charge in [0, 0.05) is 18.4 Å². The molecule has 1 aromatic carbocycles. The Bertz CT molecular complexity index is 561. The molecule has 4 nitrogen and oxygen atoms in total. The second-order valence-electron chi connectivity index (χ2n) is 5.00. The van der Waals surface area contributed by atoms with E-state index in [1.807, 2.05) is 19.1 Å². The molecule has 2 atom stereocenters. The van der Waals surface area contributed by atoms with Crippen LogP contribution in [0.15, 0.2) is 29.2 Å². The number of anilines is 1. The number of alkyl halides is 1. The first kappa shape index (κ1) is 15.8. The molecule has 0 spiro atoms. The molecule has 0 saturated carbocycles. The van der Waals surface area contributed by atoms with Crippen molar-refractivity contribution in [3.63, 3.8) is 0 Å². The molecule has 1 saturated heterocycles. The third-order valence-corrected chi connectivity index (χ3v) is 5.92. The lowest BCUT2D eigenvalue weighted by Gasteiger charge is -2.38. The molecule has 1 aromatic rings. The Labute approximate surface area is 129 Å². The highest BCUT2D eigenvalue weighted by molar-refractivity contribution is 9.09. The van der Waals surface area contributed by atoms with Crippen LogP contribution in [0.3, 0.4) is 0 Å². The van der Waals surface area contributed by atoms with E-state index in [0.717, 1.165) is 11.0 Å². The summed E-state index contributed by atoms with van der Waals surface area (Å²) < 4.78 is 30.3. The molecule has 0 aromatic heterocycles. The van der Waals surface area contributed by atoms with Crippen LogP contribution in [-0.2, 0) is 14.6 Å². The second-order valence-corrected chi connectivity index (χ2v) is 7.89. The van der Waals surface area contributed by atoms with Gasteiger partial charge in [0.15, 0.2) is 9.84 Å². The Morgan fingerprint density at radius 3 is 2.70 bits per heavy atom. The number of hydrogen-bond acceptors (Lipinski definition) is 4. The zero-order valence-corrected chi connectivity index (χ0v) is 14.2. The lowest BCUT2D eigenvalue weighted by molar-refractivity contribution is -0.00214. The van der Waals surface area contributed by atoms with Crippen molar-refractivity contribution >= 4 is 31.5 Å². The molecular weight excluding hydrogens is 342 g/mol. The van der Waals surface area contributed by atoms with E-state index >= 15 is 0 Å². The summed E-state index contributed by atoms with van der Waals surface area (Å²) in [5.74, 6) is 0.117. The number of para-hydroxylation sites is 1. The summed E-state index contributed by atoms with van der Waals surface area (Å²) in [6.07, 6.45) is 0.167. The van der Waals surface area contributed by atoms with Crippen LogP contribution in [0.5, 0.6) is 0 Å². The Hall–Kier alpha value is -0.590. The fourth-order valence-electron chi connectivity index (χ4n) is 2.46. The van der Waals surface area contributed by atoms with E-state index in [4.69, 9.17) is 4.74 Å². The van der Waals surface area contributed by atoms with E-state index in [-0.39, 0.29) is 18.0 Å². The fourth-order valence-corrected chi connectivity index (χ4v) is 3.93. The van der Waals surface area contributed by atoms with Crippen LogP contribution in [0.25, 0.3) is 0 Å². The van der Waals surface area contributed by atoms with Gasteiger partial charge >= 0.3 is 0 Å². The van der Waals surface area contributed by atoms with E-state index in [0.29, 0.717) is 18.0 Å². The molecule has 0 amide bonds. The second kappa shape index (κ2) is 6.45. The molecule has 0 radical (unpaired) electrons. The molecule has 1 aliphatic rings. The van der Waals surface area contributed by atoms with Crippen LogP contribution in [0.4, 0.5) is 5.69 Å². The maximum atomic E-state index is 12.2. The van der Waals surface area contributed by atoms with Crippen molar-refractivity contribution in [2.75, 3.05) is 29.1 Å². The molecule has 1 fully saturated rings. The highest BCUT2D eigenvalue weighted by Crippen LogP contribution is 2.28. The number of morpholine rings is 1. The van der Waals surface area contributed by atoms with Gasteiger partial charge in [0.2, 0.25) is 0 Å². The van der Waals surface area contributed by atoms with Gasteiger partial charge in [-0.25, -0.2) is 8.42 Å². The molecule has 0 N–H and O–H groups in total. The van der Waals surface area contributed by atoms with E-state index < -0.39 is 9.84 Å². The third kappa shape index (κ3) is 3.35. The first-order valence-corrected chi connectivity index (χ1v) is 9.53. The standard InChI is InChI=1S/C14H20BrNO3S/c1-3-20(17,18)14-7-5-4-6-13(14)16-9-11(2)19-12(8-15)10-16/h4-7,11-12H,3,8-10H2,1-2H3. The first-order chi connectivity index (χ1) is 9.47. The molecule has 112 valence electrons. The van der Waals surface area contributed by atoms with Crippen molar-refractivity contribution < 1.29 is 13.2 Å². The van der Waals surface area contributed by atoms with Gasteiger partial charge in [-0.05, 0) is 19.1 Å². The van der Waals surface area contributed by atoms with Crippen LogP contribution >= 0.6 is 15.9 Å². The van der Waals surface area contributed by atoms with Gasteiger partial charge in [-0.15, -0.1) is 0 Å². The Morgan fingerprint density at radius 2 is 2.05 bits per heavy atom. The number of halogens is 1. The van der Waals surface area contributed by atoms with E-state index in [9.17, 15) is 8.42 Å². The maximum Gasteiger partial charge on any atom is 0.180 e. The summed E-state index contributed by atoms with van der Waals surface area (Å²) >= 11 is 3.44. The molecule has 20 heavy (non-hydrogen) atoms. The Kier molecular flexibility index (Phi) is 5.09. The number of nitrogens with zero attached hydrogens (tertiary/aromatic N) is 1. The van der Waals surface area contributed by atoms with Crippen molar-refractivity contribution in [3.05, 3.63) is 24.3 Å². The Balaban J connectivity index is 2.38. The van der Waals surface area contributed by atoms with Gasteiger partial charge in [-0.3, -0.25) is 0 Å².